The molecular weight excluding hydrogens is 355 g/mol. The fourth-order valence-electron chi connectivity index (χ4n) is 2.51. The highest BCUT2D eigenvalue weighted by Gasteiger charge is 2.29. The van der Waals surface area contributed by atoms with Gasteiger partial charge in [-0.2, -0.15) is 0 Å². The molecule has 2 aromatic rings. The second-order valence-electron chi connectivity index (χ2n) is 7.10. The van der Waals surface area contributed by atoms with Gasteiger partial charge in [-0.25, -0.2) is 9.18 Å². The summed E-state index contributed by atoms with van der Waals surface area (Å²) < 4.78 is 19.0. The lowest BCUT2D eigenvalue weighted by molar-refractivity contribution is -0.385. The van der Waals surface area contributed by atoms with Gasteiger partial charge in [0.25, 0.3) is 5.69 Å². The van der Waals surface area contributed by atoms with E-state index in [1.165, 1.54) is 36.4 Å². The summed E-state index contributed by atoms with van der Waals surface area (Å²) in [5.41, 5.74) is -0.342. The zero-order chi connectivity index (χ0) is 20.4. The molecule has 2 rings (SSSR count). The summed E-state index contributed by atoms with van der Waals surface area (Å²) >= 11 is 0. The predicted molar refractivity (Wildman–Crippen MR) is 97.6 cm³/mol. The topological polar surface area (TPSA) is 92.9 Å². The summed E-state index contributed by atoms with van der Waals surface area (Å²) in [5.74, 6) is 0.300. The van der Waals surface area contributed by atoms with E-state index in [9.17, 15) is 24.4 Å². The molecule has 0 bridgehead atoms. The molecule has 0 aromatic heterocycles. The van der Waals surface area contributed by atoms with Crippen LogP contribution in [0.25, 0.3) is 0 Å². The number of carbonyl (C=O) groups is 1. The monoisotopic (exact) mass is 376 g/mol. The van der Waals surface area contributed by atoms with Crippen LogP contribution in [0.15, 0.2) is 36.4 Å². The van der Waals surface area contributed by atoms with Gasteiger partial charge < -0.3 is 9.84 Å². The van der Waals surface area contributed by atoms with Crippen molar-refractivity contribution in [3.05, 3.63) is 63.5 Å². The maximum atomic E-state index is 13.4. The summed E-state index contributed by atoms with van der Waals surface area (Å²) in [6.45, 7) is 6.53. The number of carboxylic acid groups (broad SMARTS) is 1. The third-order valence-electron chi connectivity index (χ3n) is 3.98. The molecule has 0 unspecified atom stereocenters. The molecule has 1 N–H and O–H groups in total. The quantitative estimate of drug-likeness (QED) is 0.578. The molecule has 0 spiro atoms. The van der Waals surface area contributed by atoms with Gasteiger partial charge in [0.1, 0.15) is 17.3 Å². The van der Waals surface area contributed by atoms with E-state index >= 15 is 0 Å². The SMILES string of the molecule is Cc1cc(Oc2ccc([N+](=O)[O-])c(CN(C(=O)O)C(C)(C)C)c2)ccc1F. The van der Waals surface area contributed by atoms with Crippen LogP contribution in [0, 0.1) is 22.9 Å². The second kappa shape index (κ2) is 7.61. The number of nitro groups is 1. The van der Waals surface area contributed by atoms with E-state index in [1.54, 1.807) is 27.7 Å². The number of nitrogens with zero attached hydrogens (tertiary/aromatic N) is 2. The molecule has 8 heteroatoms. The Kier molecular flexibility index (Phi) is 5.68. The molecule has 0 radical (unpaired) electrons. The number of rotatable bonds is 5. The Morgan fingerprint density at radius 3 is 2.33 bits per heavy atom. The van der Waals surface area contributed by atoms with Gasteiger partial charge in [0, 0.05) is 11.6 Å². The average molecular weight is 376 g/mol. The molecule has 144 valence electrons. The van der Waals surface area contributed by atoms with Crippen molar-refractivity contribution in [3.8, 4) is 11.5 Å². The largest absolute Gasteiger partial charge is 0.465 e. The van der Waals surface area contributed by atoms with Crippen molar-refractivity contribution in [1.29, 1.82) is 0 Å². The van der Waals surface area contributed by atoms with Crippen molar-refractivity contribution in [2.45, 2.75) is 39.8 Å². The van der Waals surface area contributed by atoms with Gasteiger partial charge in [-0.05, 0) is 63.6 Å². The predicted octanol–water partition coefficient (Wildman–Crippen LogP) is 5.11. The number of halogens is 1. The normalized spacial score (nSPS) is 11.1. The summed E-state index contributed by atoms with van der Waals surface area (Å²) in [6, 6.07) is 8.34. The number of ether oxygens (including phenoxy) is 1. The lowest BCUT2D eigenvalue weighted by atomic mass is 10.0. The third kappa shape index (κ3) is 4.93. The maximum Gasteiger partial charge on any atom is 0.408 e. The highest BCUT2D eigenvalue weighted by atomic mass is 19.1. The van der Waals surface area contributed by atoms with Crippen LogP contribution in [0.4, 0.5) is 14.9 Å². The van der Waals surface area contributed by atoms with Gasteiger partial charge in [0.15, 0.2) is 0 Å². The van der Waals surface area contributed by atoms with E-state index in [1.807, 2.05) is 0 Å². The Bertz CT molecular complexity index is 877. The van der Waals surface area contributed by atoms with Gasteiger partial charge in [0.05, 0.1) is 17.0 Å². The fraction of sp³-hybridized carbons (Fsp3) is 0.316. The van der Waals surface area contributed by atoms with Crippen LogP contribution in [0.3, 0.4) is 0 Å². The summed E-state index contributed by atoms with van der Waals surface area (Å²) in [6.07, 6.45) is -1.18. The van der Waals surface area contributed by atoms with Crippen molar-refractivity contribution in [1.82, 2.24) is 4.90 Å². The van der Waals surface area contributed by atoms with E-state index in [-0.39, 0.29) is 23.6 Å². The van der Waals surface area contributed by atoms with E-state index in [0.29, 0.717) is 17.1 Å². The standard InChI is InChI=1S/C19H21FN2O5/c1-12-9-14(5-7-16(12)20)27-15-6-8-17(22(25)26)13(10-15)11-21(18(23)24)19(2,3)4/h5-10H,11H2,1-4H3,(H,23,24). The van der Waals surface area contributed by atoms with Gasteiger partial charge in [-0.3, -0.25) is 15.0 Å². The summed E-state index contributed by atoms with van der Waals surface area (Å²) in [7, 11) is 0. The zero-order valence-electron chi connectivity index (χ0n) is 15.5. The third-order valence-corrected chi connectivity index (χ3v) is 3.98. The van der Waals surface area contributed by atoms with Crippen LogP contribution in [-0.2, 0) is 6.54 Å². The molecule has 2 aromatic carbocycles. The van der Waals surface area contributed by atoms with Crippen molar-refractivity contribution >= 4 is 11.8 Å². The molecule has 0 aliphatic carbocycles. The number of hydrogen-bond acceptors (Lipinski definition) is 4. The first-order chi connectivity index (χ1) is 12.5. The molecule has 0 fully saturated rings. The van der Waals surface area contributed by atoms with Crippen LogP contribution in [0.5, 0.6) is 11.5 Å². The minimum atomic E-state index is -1.18. The van der Waals surface area contributed by atoms with Crippen LogP contribution in [0.2, 0.25) is 0 Å². The lowest BCUT2D eigenvalue weighted by Crippen LogP contribution is -2.44. The van der Waals surface area contributed by atoms with Crippen molar-refractivity contribution < 1.29 is 24.0 Å². The molecule has 1 amide bonds. The number of hydrogen-bond donors (Lipinski definition) is 1. The fourth-order valence-corrected chi connectivity index (χ4v) is 2.51. The number of benzene rings is 2. The van der Waals surface area contributed by atoms with Crippen LogP contribution in [0.1, 0.15) is 31.9 Å². The minimum absolute atomic E-state index is 0.172. The molecule has 0 saturated heterocycles. The first-order valence-corrected chi connectivity index (χ1v) is 8.21. The maximum absolute atomic E-state index is 13.4. The van der Waals surface area contributed by atoms with E-state index in [4.69, 9.17) is 4.74 Å². The summed E-state index contributed by atoms with van der Waals surface area (Å²) in [5, 5.41) is 20.8. The molecule has 0 atom stereocenters. The molecule has 27 heavy (non-hydrogen) atoms. The van der Waals surface area contributed by atoms with E-state index < -0.39 is 16.6 Å². The molecule has 7 nitrogen and oxygen atoms in total. The smallest absolute Gasteiger partial charge is 0.408 e. The van der Waals surface area contributed by atoms with E-state index in [0.717, 1.165) is 4.90 Å². The Labute approximate surface area is 156 Å². The Morgan fingerprint density at radius 1 is 1.22 bits per heavy atom. The molecule has 0 heterocycles. The summed E-state index contributed by atoms with van der Waals surface area (Å²) in [4.78, 5) is 23.4. The van der Waals surface area contributed by atoms with Crippen LogP contribution >= 0.6 is 0 Å². The number of amides is 1. The van der Waals surface area contributed by atoms with Crippen LogP contribution < -0.4 is 4.74 Å². The number of aryl methyl sites for hydroxylation is 1. The highest BCUT2D eigenvalue weighted by molar-refractivity contribution is 5.66. The van der Waals surface area contributed by atoms with Gasteiger partial charge in [0.2, 0.25) is 0 Å². The molecule has 0 aliphatic heterocycles. The minimum Gasteiger partial charge on any atom is -0.465 e. The molecular formula is C19H21FN2O5. The van der Waals surface area contributed by atoms with Crippen molar-refractivity contribution in [2.24, 2.45) is 0 Å². The van der Waals surface area contributed by atoms with Gasteiger partial charge in [-0.1, -0.05) is 0 Å². The lowest BCUT2D eigenvalue weighted by Gasteiger charge is -2.33. The Hall–Kier alpha value is -3.16. The Balaban J connectivity index is 2.39. The molecule has 0 aliphatic rings. The van der Waals surface area contributed by atoms with Crippen molar-refractivity contribution in [3.63, 3.8) is 0 Å². The first kappa shape index (κ1) is 20.2. The van der Waals surface area contributed by atoms with Crippen molar-refractivity contribution in [2.75, 3.05) is 0 Å². The van der Waals surface area contributed by atoms with Crippen LogP contribution in [-0.4, -0.2) is 26.6 Å². The van der Waals surface area contributed by atoms with Gasteiger partial charge >= 0.3 is 6.09 Å². The zero-order valence-corrected chi connectivity index (χ0v) is 15.5. The first-order valence-electron chi connectivity index (χ1n) is 8.21. The second-order valence-corrected chi connectivity index (χ2v) is 7.10. The number of nitro benzene ring substituents is 1. The highest BCUT2D eigenvalue weighted by Crippen LogP contribution is 2.30. The average Bonchev–Trinajstić information content (AvgIpc) is 2.54. The van der Waals surface area contributed by atoms with Gasteiger partial charge in [-0.15, -0.1) is 0 Å². The Morgan fingerprint density at radius 2 is 1.81 bits per heavy atom. The molecule has 0 saturated carbocycles. The van der Waals surface area contributed by atoms with E-state index in [2.05, 4.69) is 0 Å².